The first-order valence-electron chi connectivity index (χ1n) is 7.28. The molecule has 2 rings (SSSR count). The van der Waals surface area contributed by atoms with Crippen LogP contribution < -0.4 is 10.2 Å². The molecule has 0 saturated carbocycles. The lowest BCUT2D eigenvalue weighted by atomic mass is 10.0. The van der Waals surface area contributed by atoms with Gasteiger partial charge in [-0.3, -0.25) is 4.79 Å². The number of hydrogen-bond acceptors (Lipinski definition) is 3. The predicted molar refractivity (Wildman–Crippen MR) is 96.3 cm³/mol. The van der Waals surface area contributed by atoms with Gasteiger partial charge >= 0.3 is 0 Å². The summed E-state index contributed by atoms with van der Waals surface area (Å²) in [6.07, 6.45) is 1.62. The van der Waals surface area contributed by atoms with Crippen molar-refractivity contribution >= 4 is 28.1 Å². The van der Waals surface area contributed by atoms with Gasteiger partial charge in [0.2, 0.25) is 0 Å². The highest BCUT2D eigenvalue weighted by atomic mass is 79.9. The van der Waals surface area contributed by atoms with Gasteiger partial charge in [0.05, 0.1) is 18.9 Å². The summed E-state index contributed by atoms with van der Waals surface area (Å²) in [5.74, 6) is 0.671. The fourth-order valence-corrected chi connectivity index (χ4v) is 2.41. The molecule has 0 aliphatic heterocycles. The Morgan fingerprint density at radius 3 is 2.52 bits per heavy atom. The molecule has 2 aromatic rings. The molecule has 0 atom stereocenters. The lowest BCUT2D eigenvalue weighted by Crippen LogP contribution is -2.18. The number of nitrogens with zero attached hydrogens (tertiary/aromatic N) is 1. The summed E-state index contributed by atoms with van der Waals surface area (Å²) in [6, 6.07) is 13.3. The van der Waals surface area contributed by atoms with Gasteiger partial charge in [0, 0.05) is 4.47 Å². The number of carbonyl (C=O) groups is 1. The predicted octanol–water partition coefficient (Wildman–Crippen LogP) is 4.35. The van der Waals surface area contributed by atoms with Crippen molar-refractivity contribution in [3.63, 3.8) is 0 Å². The van der Waals surface area contributed by atoms with Crippen LogP contribution in [-0.2, 0) is 0 Å². The molecule has 0 aliphatic rings. The number of carbonyl (C=O) groups excluding carboxylic acids is 1. The van der Waals surface area contributed by atoms with E-state index in [2.05, 4.69) is 52.4 Å². The maximum atomic E-state index is 12.2. The average molecular weight is 375 g/mol. The van der Waals surface area contributed by atoms with Gasteiger partial charge in [0.1, 0.15) is 5.75 Å². The van der Waals surface area contributed by atoms with Gasteiger partial charge in [-0.2, -0.15) is 5.10 Å². The number of ether oxygens (including phenoxy) is 1. The van der Waals surface area contributed by atoms with E-state index in [1.54, 1.807) is 18.3 Å². The third-order valence-corrected chi connectivity index (χ3v) is 3.88. The van der Waals surface area contributed by atoms with Crippen LogP contribution in [0.25, 0.3) is 0 Å². The second kappa shape index (κ2) is 7.92. The Labute approximate surface area is 144 Å². The lowest BCUT2D eigenvalue weighted by molar-refractivity contribution is 0.0952. The quantitative estimate of drug-likeness (QED) is 0.624. The summed E-state index contributed by atoms with van der Waals surface area (Å²) in [5, 5.41) is 4.00. The number of nitrogens with one attached hydrogen (secondary N) is 1. The highest BCUT2D eigenvalue weighted by molar-refractivity contribution is 9.10. The first kappa shape index (κ1) is 17.2. The number of hydrazone groups is 1. The molecule has 5 heteroatoms. The van der Waals surface area contributed by atoms with Gasteiger partial charge in [-0.15, -0.1) is 0 Å². The molecule has 1 amide bonds. The minimum absolute atomic E-state index is 0.321. The number of rotatable bonds is 5. The summed E-state index contributed by atoms with van der Waals surface area (Å²) < 4.78 is 5.99. The number of halogens is 1. The van der Waals surface area contributed by atoms with Gasteiger partial charge in [-0.05, 0) is 35.2 Å². The van der Waals surface area contributed by atoms with Crippen molar-refractivity contribution in [1.29, 1.82) is 0 Å². The van der Waals surface area contributed by atoms with E-state index in [1.807, 2.05) is 18.2 Å². The van der Waals surface area contributed by atoms with E-state index in [4.69, 9.17) is 4.74 Å². The van der Waals surface area contributed by atoms with Crippen LogP contribution in [-0.4, -0.2) is 19.2 Å². The molecule has 0 radical (unpaired) electrons. The van der Waals surface area contributed by atoms with Crippen molar-refractivity contribution in [2.75, 3.05) is 7.11 Å². The second-order valence-electron chi connectivity index (χ2n) is 5.37. The maximum absolute atomic E-state index is 12.2. The highest BCUT2D eigenvalue weighted by Crippen LogP contribution is 2.22. The third-order valence-electron chi connectivity index (χ3n) is 3.39. The standard InChI is InChI=1S/C18H19BrN2O2/c1-12(2)14-6-4-13(5-7-14)11-20-21-18(22)16-10-15(19)8-9-17(16)23-3/h4-12H,1-3H3,(H,21,22)/b20-11-. The number of amides is 1. The van der Waals surface area contributed by atoms with Gasteiger partial charge in [0.15, 0.2) is 0 Å². The number of benzene rings is 2. The van der Waals surface area contributed by atoms with E-state index < -0.39 is 0 Å². The fraction of sp³-hybridized carbons (Fsp3) is 0.222. The lowest BCUT2D eigenvalue weighted by Gasteiger charge is -2.07. The SMILES string of the molecule is COc1ccc(Br)cc1C(=O)N/N=C\c1ccc(C(C)C)cc1. The molecule has 0 aliphatic carbocycles. The molecule has 23 heavy (non-hydrogen) atoms. The zero-order valence-corrected chi connectivity index (χ0v) is 14.9. The molecular weight excluding hydrogens is 356 g/mol. The summed E-state index contributed by atoms with van der Waals surface area (Å²) >= 11 is 3.34. The van der Waals surface area contributed by atoms with Crippen molar-refractivity contribution in [2.45, 2.75) is 19.8 Å². The zero-order valence-electron chi connectivity index (χ0n) is 13.3. The minimum Gasteiger partial charge on any atom is -0.496 e. The van der Waals surface area contributed by atoms with Gasteiger partial charge in [-0.25, -0.2) is 5.43 Å². The van der Waals surface area contributed by atoms with E-state index in [0.717, 1.165) is 10.0 Å². The maximum Gasteiger partial charge on any atom is 0.275 e. The largest absolute Gasteiger partial charge is 0.496 e. The summed E-state index contributed by atoms with van der Waals surface area (Å²) in [7, 11) is 1.53. The smallest absolute Gasteiger partial charge is 0.275 e. The number of hydrogen-bond donors (Lipinski definition) is 1. The van der Waals surface area contributed by atoms with E-state index >= 15 is 0 Å². The van der Waals surface area contributed by atoms with E-state index in [9.17, 15) is 4.79 Å². The summed E-state index contributed by atoms with van der Waals surface area (Å²) in [4.78, 5) is 12.2. The monoisotopic (exact) mass is 374 g/mol. The first-order chi connectivity index (χ1) is 11.0. The molecule has 120 valence electrons. The Hall–Kier alpha value is -2.14. The van der Waals surface area contributed by atoms with Crippen LogP contribution in [0.5, 0.6) is 5.75 Å². The molecular formula is C18H19BrN2O2. The van der Waals surface area contributed by atoms with Crippen LogP contribution in [0.3, 0.4) is 0 Å². The number of methoxy groups -OCH3 is 1. The van der Waals surface area contributed by atoms with Crippen molar-refractivity contribution in [3.05, 3.63) is 63.6 Å². The molecule has 0 unspecified atom stereocenters. The van der Waals surface area contributed by atoms with Crippen LogP contribution in [0.15, 0.2) is 52.0 Å². The van der Waals surface area contributed by atoms with E-state index in [-0.39, 0.29) is 5.91 Å². The Balaban J connectivity index is 2.05. The topological polar surface area (TPSA) is 50.7 Å². The normalized spacial score (nSPS) is 11.0. The molecule has 0 aromatic heterocycles. The Kier molecular flexibility index (Phi) is 5.93. The Bertz CT molecular complexity index is 709. The van der Waals surface area contributed by atoms with E-state index in [1.165, 1.54) is 12.7 Å². The summed E-state index contributed by atoms with van der Waals surface area (Å²) in [6.45, 7) is 4.30. The molecule has 4 nitrogen and oxygen atoms in total. The molecule has 1 N–H and O–H groups in total. The Morgan fingerprint density at radius 2 is 1.91 bits per heavy atom. The van der Waals surface area contributed by atoms with Crippen molar-refractivity contribution in [3.8, 4) is 5.75 Å². The summed E-state index contributed by atoms with van der Waals surface area (Å²) in [5.41, 5.74) is 5.14. The van der Waals surface area contributed by atoms with Crippen LogP contribution in [0.2, 0.25) is 0 Å². The zero-order chi connectivity index (χ0) is 16.8. The Morgan fingerprint density at radius 1 is 1.22 bits per heavy atom. The molecule has 2 aromatic carbocycles. The highest BCUT2D eigenvalue weighted by Gasteiger charge is 2.11. The van der Waals surface area contributed by atoms with Crippen molar-refractivity contribution < 1.29 is 9.53 Å². The fourth-order valence-electron chi connectivity index (χ4n) is 2.05. The second-order valence-corrected chi connectivity index (χ2v) is 6.28. The molecule has 0 saturated heterocycles. The minimum atomic E-state index is -0.321. The molecule has 0 spiro atoms. The van der Waals surface area contributed by atoms with Crippen molar-refractivity contribution in [2.24, 2.45) is 5.10 Å². The molecule has 0 fully saturated rings. The van der Waals surface area contributed by atoms with Crippen molar-refractivity contribution in [1.82, 2.24) is 5.43 Å². The van der Waals surface area contributed by atoms with Gasteiger partial charge in [0.25, 0.3) is 5.91 Å². The molecule has 0 heterocycles. The van der Waals surface area contributed by atoms with Gasteiger partial charge in [-0.1, -0.05) is 54.0 Å². The molecule has 0 bridgehead atoms. The first-order valence-corrected chi connectivity index (χ1v) is 8.07. The van der Waals surface area contributed by atoms with Crippen LogP contribution in [0.1, 0.15) is 41.3 Å². The average Bonchev–Trinajstić information content (AvgIpc) is 2.55. The van der Waals surface area contributed by atoms with Crippen LogP contribution >= 0.6 is 15.9 Å². The van der Waals surface area contributed by atoms with Gasteiger partial charge < -0.3 is 4.74 Å². The van der Waals surface area contributed by atoms with E-state index in [0.29, 0.717) is 17.2 Å². The third kappa shape index (κ3) is 4.66. The van der Waals surface area contributed by atoms with Crippen LogP contribution in [0, 0.1) is 0 Å². The van der Waals surface area contributed by atoms with Crippen LogP contribution in [0.4, 0.5) is 0 Å².